The highest BCUT2D eigenvalue weighted by molar-refractivity contribution is 6.12. The zero-order valence-corrected chi connectivity index (χ0v) is 34.6. The number of aliphatic hydroxyl groups excluding tert-OH is 1. The molecule has 2 aliphatic rings. The van der Waals surface area contributed by atoms with Gasteiger partial charge in [0, 0.05) is 12.6 Å². The summed E-state index contributed by atoms with van der Waals surface area (Å²) in [6.45, 7) is 36.4. The zero-order valence-electron chi connectivity index (χ0n) is 34.6. The Morgan fingerprint density at radius 2 is 1.65 bits per heavy atom. The number of nitriles is 1. The van der Waals surface area contributed by atoms with Crippen LogP contribution in [0.2, 0.25) is 0 Å². The minimum absolute atomic E-state index is 0.0386. The van der Waals surface area contributed by atoms with Gasteiger partial charge in [0.05, 0.1) is 29.1 Å². The molecule has 1 aliphatic heterocycles. The molecule has 3 unspecified atom stereocenters. The SMILES string of the molecule is C/C=C1/C=CC(C#N)=CC1=NC(C)C.C=CC.CC.CC.CC.CC/C=C(\C)C(C)O.CCC(C)(OC1CCCCO1)c1ccccc1C. The molecule has 5 nitrogen and oxygen atoms in total. The Hall–Kier alpha value is -3.04. The summed E-state index contributed by atoms with van der Waals surface area (Å²) in [5, 5.41) is 17.6. The molecule has 1 N–H and O–H groups in total. The molecule has 0 bridgehead atoms. The number of benzene rings is 1. The van der Waals surface area contributed by atoms with Gasteiger partial charge in [0.2, 0.25) is 0 Å². The summed E-state index contributed by atoms with van der Waals surface area (Å²) in [5.41, 5.74) is 6.04. The highest BCUT2D eigenvalue weighted by atomic mass is 16.7. The maximum Gasteiger partial charge on any atom is 0.158 e. The van der Waals surface area contributed by atoms with Gasteiger partial charge in [0.1, 0.15) is 0 Å². The van der Waals surface area contributed by atoms with Crippen molar-refractivity contribution in [2.75, 3.05) is 6.61 Å². The number of nitrogens with zero attached hydrogens (tertiary/aromatic N) is 2. The highest BCUT2D eigenvalue weighted by Gasteiger charge is 2.31. The van der Waals surface area contributed by atoms with E-state index in [0.29, 0.717) is 5.57 Å². The van der Waals surface area contributed by atoms with Crippen molar-refractivity contribution in [1.29, 1.82) is 5.26 Å². The second kappa shape index (κ2) is 34.8. The molecule has 3 atom stereocenters. The molecule has 0 amide bonds. The number of allylic oxidation sites excluding steroid dienone is 8. The molecule has 1 aromatic rings. The maximum absolute atomic E-state index is 8.88. The number of aliphatic hydroxyl groups is 1. The fourth-order valence-electron chi connectivity index (χ4n) is 4.34. The molecule has 280 valence electrons. The third-order valence-corrected chi connectivity index (χ3v) is 6.97. The second-order valence-corrected chi connectivity index (χ2v) is 11.2. The summed E-state index contributed by atoms with van der Waals surface area (Å²) in [7, 11) is 0. The predicted octanol–water partition coefficient (Wildman–Crippen LogP) is 13.0. The van der Waals surface area contributed by atoms with Crippen LogP contribution in [0.5, 0.6) is 0 Å². The Morgan fingerprint density at radius 1 is 1.08 bits per heavy atom. The fraction of sp³-hybridized carbons (Fsp3) is 0.591. The van der Waals surface area contributed by atoms with Crippen molar-refractivity contribution in [2.45, 2.75) is 167 Å². The molecule has 0 aromatic heterocycles. The first-order valence-corrected chi connectivity index (χ1v) is 18.7. The molecule has 3 rings (SSSR count). The van der Waals surface area contributed by atoms with Crippen LogP contribution in [0.25, 0.3) is 0 Å². The van der Waals surface area contributed by atoms with Crippen LogP contribution >= 0.6 is 0 Å². The van der Waals surface area contributed by atoms with Gasteiger partial charge in [0.15, 0.2) is 6.29 Å². The monoisotopic (exact) mass is 681 g/mol. The predicted molar refractivity (Wildman–Crippen MR) is 218 cm³/mol. The third kappa shape index (κ3) is 24.7. The summed E-state index contributed by atoms with van der Waals surface area (Å²) < 4.78 is 12.0. The van der Waals surface area contributed by atoms with Gasteiger partial charge in [-0.15, -0.1) is 6.58 Å². The Balaban J connectivity index is -0.000000290. The highest BCUT2D eigenvalue weighted by Crippen LogP contribution is 2.34. The van der Waals surface area contributed by atoms with E-state index in [1.54, 1.807) is 13.0 Å². The standard InChI is InChI=1S/C16H24O2.C12H14N2.C7H14O.C3H6.3C2H6/c1-4-16(3,14-10-6-5-9-13(14)2)18-15-11-7-8-12-17-15;1-4-11-6-5-10(8-13)7-12(11)14-9(2)3;1-4-5-6(2)7(3)8;1-3-2;3*1-2/h5-6,9-10,15H,4,7-8,11-12H2,1-3H3;4-7,9H,1-3H3;5,7-8H,4H2,1-3H3;3H,1H2,2H3;3*1-2H3/b;11-4-,14-12?;6-5+;;;;. The molecule has 1 heterocycles. The normalized spacial score (nSPS) is 18.1. The van der Waals surface area contributed by atoms with E-state index < -0.39 is 0 Å². The summed E-state index contributed by atoms with van der Waals surface area (Å²) in [6.07, 6.45) is 16.4. The number of hydrogen-bond donors (Lipinski definition) is 1. The van der Waals surface area contributed by atoms with E-state index >= 15 is 0 Å². The van der Waals surface area contributed by atoms with Gasteiger partial charge in [-0.05, 0) is 122 Å². The summed E-state index contributed by atoms with van der Waals surface area (Å²) in [4.78, 5) is 4.46. The minimum Gasteiger partial charge on any atom is -0.389 e. The van der Waals surface area contributed by atoms with Gasteiger partial charge in [0.25, 0.3) is 0 Å². The molecule has 0 saturated carbocycles. The number of rotatable bonds is 7. The number of hydrogen-bond acceptors (Lipinski definition) is 5. The van der Waals surface area contributed by atoms with E-state index in [0.717, 1.165) is 49.1 Å². The van der Waals surface area contributed by atoms with E-state index in [2.05, 4.69) is 69.6 Å². The van der Waals surface area contributed by atoms with Gasteiger partial charge in [-0.25, -0.2) is 0 Å². The molecule has 1 saturated heterocycles. The molecule has 0 radical (unpaired) electrons. The summed E-state index contributed by atoms with van der Waals surface area (Å²) in [6, 6.07) is 10.8. The lowest BCUT2D eigenvalue weighted by molar-refractivity contribution is -0.225. The largest absolute Gasteiger partial charge is 0.389 e. The van der Waals surface area contributed by atoms with E-state index in [9.17, 15) is 0 Å². The van der Waals surface area contributed by atoms with Gasteiger partial charge in [-0.3, -0.25) is 4.99 Å². The first kappa shape index (κ1) is 52.8. The van der Waals surface area contributed by atoms with E-state index in [1.807, 2.05) is 107 Å². The smallest absolute Gasteiger partial charge is 0.158 e. The Morgan fingerprint density at radius 3 is 2.04 bits per heavy atom. The zero-order chi connectivity index (χ0) is 38.8. The second-order valence-electron chi connectivity index (χ2n) is 11.2. The average molecular weight is 681 g/mol. The lowest BCUT2D eigenvalue weighted by Gasteiger charge is -2.36. The molecular weight excluding hydrogens is 604 g/mol. The van der Waals surface area contributed by atoms with Crippen molar-refractivity contribution in [3.05, 3.63) is 95.1 Å². The summed E-state index contributed by atoms with van der Waals surface area (Å²) in [5.74, 6) is 0. The molecule has 49 heavy (non-hydrogen) atoms. The molecule has 0 spiro atoms. The van der Waals surface area contributed by atoms with Crippen LogP contribution in [0.3, 0.4) is 0 Å². The number of ether oxygens (including phenoxy) is 2. The fourth-order valence-corrected chi connectivity index (χ4v) is 4.34. The molecule has 5 heteroatoms. The Bertz CT molecular complexity index is 1140. The quantitative estimate of drug-likeness (QED) is 0.291. The third-order valence-electron chi connectivity index (χ3n) is 6.97. The van der Waals surface area contributed by atoms with Gasteiger partial charge in [-0.2, -0.15) is 5.26 Å². The average Bonchev–Trinajstić information content (AvgIpc) is 3.12. The first-order chi connectivity index (χ1) is 23.4. The van der Waals surface area contributed by atoms with Crippen LogP contribution in [-0.2, 0) is 15.1 Å². The maximum atomic E-state index is 8.88. The van der Waals surface area contributed by atoms with Crippen molar-refractivity contribution < 1.29 is 14.6 Å². The number of aryl methyl sites for hydroxylation is 1. The summed E-state index contributed by atoms with van der Waals surface area (Å²) >= 11 is 0. The molecule has 1 aliphatic carbocycles. The minimum atomic E-state index is -0.269. The van der Waals surface area contributed by atoms with Gasteiger partial charge in [-0.1, -0.05) is 104 Å². The lowest BCUT2D eigenvalue weighted by atomic mass is 9.89. The Labute approximate surface area is 304 Å². The van der Waals surface area contributed by atoms with Crippen molar-refractivity contribution in [3.63, 3.8) is 0 Å². The topological polar surface area (TPSA) is 74.8 Å². The van der Waals surface area contributed by atoms with E-state index in [4.69, 9.17) is 19.8 Å². The Kier molecular flexibility index (Phi) is 37.5. The molecule has 1 aromatic carbocycles. The lowest BCUT2D eigenvalue weighted by Crippen LogP contribution is -2.34. The van der Waals surface area contributed by atoms with Crippen LogP contribution in [0.15, 0.2) is 89.0 Å². The van der Waals surface area contributed by atoms with Gasteiger partial charge < -0.3 is 14.6 Å². The van der Waals surface area contributed by atoms with Crippen molar-refractivity contribution in [2.24, 2.45) is 4.99 Å². The first-order valence-electron chi connectivity index (χ1n) is 18.7. The molecular formula is C44H76N2O3. The van der Waals surface area contributed by atoms with Gasteiger partial charge >= 0.3 is 0 Å². The van der Waals surface area contributed by atoms with Crippen molar-refractivity contribution in [1.82, 2.24) is 0 Å². The van der Waals surface area contributed by atoms with Crippen molar-refractivity contribution in [3.8, 4) is 6.07 Å². The van der Waals surface area contributed by atoms with Crippen molar-refractivity contribution >= 4 is 5.71 Å². The van der Waals surface area contributed by atoms with E-state index in [-0.39, 0.29) is 24.0 Å². The van der Waals surface area contributed by atoms with Crippen LogP contribution in [0.4, 0.5) is 0 Å². The van der Waals surface area contributed by atoms with Crippen LogP contribution in [0, 0.1) is 18.3 Å². The van der Waals surface area contributed by atoms with E-state index in [1.165, 1.54) is 17.5 Å². The molecule has 1 fully saturated rings. The van der Waals surface area contributed by atoms with Crippen LogP contribution < -0.4 is 0 Å². The van der Waals surface area contributed by atoms with Crippen LogP contribution in [-0.4, -0.2) is 35.9 Å². The number of aliphatic imine (C=N–C) groups is 1. The van der Waals surface area contributed by atoms with Crippen LogP contribution in [0.1, 0.15) is 147 Å².